The van der Waals surface area contributed by atoms with Crippen LogP contribution in [-0.4, -0.2) is 54.6 Å². The van der Waals surface area contributed by atoms with Gasteiger partial charge in [-0.2, -0.15) is 0 Å². The third kappa shape index (κ3) is 4.25. The lowest BCUT2D eigenvalue weighted by Crippen LogP contribution is -2.50. The highest BCUT2D eigenvalue weighted by Crippen LogP contribution is 2.38. The van der Waals surface area contributed by atoms with Crippen molar-refractivity contribution in [1.82, 2.24) is 15.1 Å². The van der Waals surface area contributed by atoms with Gasteiger partial charge in [-0.3, -0.25) is 0 Å². The summed E-state index contributed by atoms with van der Waals surface area (Å²) in [7, 11) is 4.10. The minimum Gasteiger partial charge on any atom is -0.332 e. The zero-order valence-electron chi connectivity index (χ0n) is 14.4. The highest BCUT2D eigenvalue weighted by Gasteiger charge is 2.44. The van der Waals surface area contributed by atoms with Gasteiger partial charge in [0, 0.05) is 25.2 Å². The highest BCUT2D eigenvalue weighted by molar-refractivity contribution is 5.75. The molecule has 2 fully saturated rings. The summed E-state index contributed by atoms with van der Waals surface area (Å²) in [6, 6.07) is 11.0. The topological polar surface area (TPSA) is 35.6 Å². The molecule has 0 aromatic heterocycles. The van der Waals surface area contributed by atoms with E-state index < -0.39 is 0 Å². The van der Waals surface area contributed by atoms with Gasteiger partial charge < -0.3 is 15.1 Å². The van der Waals surface area contributed by atoms with Crippen LogP contribution in [0.3, 0.4) is 0 Å². The fourth-order valence-electron chi connectivity index (χ4n) is 3.58. The Morgan fingerprint density at radius 1 is 1.30 bits per heavy atom. The number of carbonyl (C=O) groups is 1. The van der Waals surface area contributed by atoms with Crippen molar-refractivity contribution in [2.24, 2.45) is 0 Å². The van der Waals surface area contributed by atoms with Crippen LogP contribution in [0.1, 0.15) is 37.7 Å². The molecule has 2 aliphatic rings. The van der Waals surface area contributed by atoms with Gasteiger partial charge >= 0.3 is 6.03 Å². The average Bonchev–Trinajstić information content (AvgIpc) is 3.29. The number of piperidine rings is 1. The van der Waals surface area contributed by atoms with Crippen molar-refractivity contribution in [1.29, 1.82) is 0 Å². The van der Waals surface area contributed by atoms with Crippen LogP contribution in [0.25, 0.3) is 0 Å². The van der Waals surface area contributed by atoms with Crippen LogP contribution >= 0.6 is 0 Å². The number of amides is 2. The SMILES string of the molecule is CN(C[C@H]1CCCCN1C)C(=O)NC1(Cc2ccccc2)CC1. The van der Waals surface area contributed by atoms with E-state index in [0.717, 1.165) is 32.4 Å². The molecule has 1 aromatic rings. The van der Waals surface area contributed by atoms with Crippen molar-refractivity contribution >= 4 is 6.03 Å². The van der Waals surface area contributed by atoms with Gasteiger partial charge in [-0.1, -0.05) is 36.8 Å². The van der Waals surface area contributed by atoms with E-state index in [-0.39, 0.29) is 11.6 Å². The normalized spacial score (nSPS) is 23.3. The molecule has 126 valence electrons. The van der Waals surface area contributed by atoms with Gasteiger partial charge in [0.05, 0.1) is 0 Å². The molecule has 2 amide bonds. The van der Waals surface area contributed by atoms with Gasteiger partial charge in [-0.15, -0.1) is 0 Å². The van der Waals surface area contributed by atoms with E-state index in [0.29, 0.717) is 6.04 Å². The summed E-state index contributed by atoms with van der Waals surface area (Å²) < 4.78 is 0. The molecule has 1 heterocycles. The molecule has 1 saturated heterocycles. The Kier molecular flexibility index (Phi) is 4.90. The number of benzene rings is 1. The summed E-state index contributed by atoms with van der Waals surface area (Å²) in [5, 5.41) is 3.29. The van der Waals surface area contributed by atoms with Crippen molar-refractivity contribution < 1.29 is 4.79 Å². The van der Waals surface area contributed by atoms with Gasteiger partial charge in [-0.05, 0) is 51.3 Å². The van der Waals surface area contributed by atoms with E-state index >= 15 is 0 Å². The number of rotatable bonds is 5. The molecule has 1 aliphatic heterocycles. The Morgan fingerprint density at radius 2 is 2.04 bits per heavy atom. The maximum absolute atomic E-state index is 12.6. The number of nitrogens with zero attached hydrogens (tertiary/aromatic N) is 2. The second-order valence-electron chi connectivity index (χ2n) is 7.38. The number of urea groups is 1. The monoisotopic (exact) mass is 315 g/mol. The van der Waals surface area contributed by atoms with Gasteiger partial charge in [-0.25, -0.2) is 4.79 Å². The fourth-order valence-corrected chi connectivity index (χ4v) is 3.58. The molecule has 1 N–H and O–H groups in total. The largest absolute Gasteiger partial charge is 0.332 e. The first-order chi connectivity index (χ1) is 11.1. The first-order valence-corrected chi connectivity index (χ1v) is 8.85. The molecule has 0 bridgehead atoms. The predicted molar refractivity (Wildman–Crippen MR) is 93.5 cm³/mol. The number of hydrogen-bond acceptors (Lipinski definition) is 2. The van der Waals surface area contributed by atoms with Crippen LogP contribution in [0.4, 0.5) is 4.79 Å². The Balaban J connectivity index is 1.52. The third-order valence-electron chi connectivity index (χ3n) is 5.36. The molecule has 1 atom stereocenters. The lowest BCUT2D eigenvalue weighted by atomic mass is 10.0. The number of hydrogen-bond donors (Lipinski definition) is 1. The molecule has 0 unspecified atom stereocenters. The average molecular weight is 315 g/mol. The second kappa shape index (κ2) is 6.91. The van der Waals surface area contributed by atoms with Crippen LogP contribution in [0.5, 0.6) is 0 Å². The Labute approximate surface area is 139 Å². The minimum atomic E-state index is -0.00877. The smallest absolute Gasteiger partial charge is 0.317 e. The quantitative estimate of drug-likeness (QED) is 0.907. The number of likely N-dealkylation sites (tertiary alicyclic amines) is 1. The maximum atomic E-state index is 12.6. The van der Waals surface area contributed by atoms with Crippen LogP contribution in [0.2, 0.25) is 0 Å². The lowest BCUT2D eigenvalue weighted by Gasteiger charge is -2.35. The first-order valence-electron chi connectivity index (χ1n) is 8.85. The zero-order chi connectivity index (χ0) is 16.3. The number of likely N-dealkylation sites (N-methyl/N-ethyl adjacent to an activating group) is 2. The molecule has 4 nitrogen and oxygen atoms in total. The predicted octanol–water partition coefficient (Wildman–Crippen LogP) is 2.89. The molecule has 23 heavy (non-hydrogen) atoms. The van der Waals surface area contributed by atoms with E-state index in [1.54, 1.807) is 0 Å². The molecular formula is C19H29N3O. The fraction of sp³-hybridized carbons (Fsp3) is 0.632. The Morgan fingerprint density at radius 3 is 2.70 bits per heavy atom. The molecule has 4 heteroatoms. The van der Waals surface area contributed by atoms with Crippen molar-refractivity contribution in [3.8, 4) is 0 Å². The molecule has 1 aliphatic carbocycles. The van der Waals surface area contributed by atoms with Crippen LogP contribution in [0, 0.1) is 0 Å². The van der Waals surface area contributed by atoms with Gasteiger partial charge in [0.2, 0.25) is 0 Å². The van der Waals surface area contributed by atoms with Crippen molar-refractivity contribution in [3.05, 3.63) is 35.9 Å². The van der Waals surface area contributed by atoms with Gasteiger partial charge in [0.1, 0.15) is 0 Å². The minimum absolute atomic E-state index is 0.00877. The van der Waals surface area contributed by atoms with Crippen molar-refractivity contribution in [2.45, 2.75) is 50.1 Å². The number of carbonyl (C=O) groups excluding carboxylic acids is 1. The van der Waals surface area contributed by atoms with Crippen molar-refractivity contribution in [3.63, 3.8) is 0 Å². The van der Waals surface area contributed by atoms with Gasteiger partial charge in [0.15, 0.2) is 0 Å². The summed E-state index contributed by atoms with van der Waals surface area (Å²) in [6.07, 6.45) is 6.88. The molecule has 3 rings (SSSR count). The summed E-state index contributed by atoms with van der Waals surface area (Å²) in [5.41, 5.74) is 1.30. The lowest BCUT2D eigenvalue weighted by molar-refractivity contribution is 0.142. The Bertz CT molecular complexity index is 527. The maximum Gasteiger partial charge on any atom is 0.317 e. The molecule has 0 radical (unpaired) electrons. The van der Waals surface area contributed by atoms with E-state index in [4.69, 9.17) is 0 Å². The molecule has 1 aromatic carbocycles. The third-order valence-corrected chi connectivity index (χ3v) is 5.36. The van der Waals surface area contributed by atoms with Crippen LogP contribution in [0.15, 0.2) is 30.3 Å². The summed E-state index contributed by atoms with van der Waals surface area (Å²) in [6.45, 7) is 1.97. The second-order valence-corrected chi connectivity index (χ2v) is 7.38. The number of nitrogens with one attached hydrogen (secondary N) is 1. The van der Waals surface area contributed by atoms with E-state index in [1.807, 2.05) is 18.0 Å². The zero-order valence-corrected chi connectivity index (χ0v) is 14.4. The standard InChI is InChI=1S/C19H29N3O/c1-21-13-7-6-10-17(21)15-22(2)18(23)20-19(11-12-19)14-16-8-4-3-5-9-16/h3-5,8-9,17H,6-7,10-15H2,1-2H3,(H,20,23)/t17-/m1/s1. The summed E-state index contributed by atoms with van der Waals surface area (Å²) in [4.78, 5) is 16.8. The molecular weight excluding hydrogens is 286 g/mol. The van der Waals surface area contributed by atoms with E-state index in [2.05, 4.69) is 41.5 Å². The summed E-state index contributed by atoms with van der Waals surface area (Å²) >= 11 is 0. The van der Waals surface area contributed by atoms with Crippen LogP contribution < -0.4 is 5.32 Å². The molecule has 1 saturated carbocycles. The van der Waals surface area contributed by atoms with Gasteiger partial charge in [0.25, 0.3) is 0 Å². The highest BCUT2D eigenvalue weighted by atomic mass is 16.2. The first kappa shape index (κ1) is 16.3. The molecule has 0 spiro atoms. The Hall–Kier alpha value is -1.55. The summed E-state index contributed by atoms with van der Waals surface area (Å²) in [5.74, 6) is 0. The van der Waals surface area contributed by atoms with E-state index in [1.165, 1.54) is 24.8 Å². The van der Waals surface area contributed by atoms with E-state index in [9.17, 15) is 4.79 Å². The van der Waals surface area contributed by atoms with Crippen molar-refractivity contribution in [2.75, 3.05) is 27.2 Å². The van der Waals surface area contributed by atoms with Crippen LogP contribution in [-0.2, 0) is 6.42 Å².